The van der Waals surface area contributed by atoms with Gasteiger partial charge in [0, 0.05) is 56.5 Å². The number of aryl methyl sites for hydroxylation is 1. The summed E-state index contributed by atoms with van der Waals surface area (Å²) >= 11 is 0. The summed E-state index contributed by atoms with van der Waals surface area (Å²) in [4.78, 5) is 6.73. The number of hydrogen-bond acceptors (Lipinski definition) is 5. The van der Waals surface area contributed by atoms with E-state index < -0.39 is 0 Å². The molecule has 31 heavy (non-hydrogen) atoms. The van der Waals surface area contributed by atoms with Crippen molar-refractivity contribution in [2.75, 3.05) is 33.4 Å². The first kappa shape index (κ1) is 23.6. The van der Waals surface area contributed by atoms with Crippen LogP contribution in [0.15, 0.2) is 29.5 Å². The van der Waals surface area contributed by atoms with Crippen molar-refractivity contribution in [2.24, 2.45) is 12.0 Å². The minimum atomic E-state index is -0.0140. The third-order valence-electron chi connectivity index (χ3n) is 5.49. The van der Waals surface area contributed by atoms with Gasteiger partial charge < -0.3 is 24.4 Å². The molecule has 1 aromatic carbocycles. The Hall–Kier alpha value is -2.01. The second-order valence-electron chi connectivity index (χ2n) is 7.79. The Bertz CT molecular complexity index is 917. The fourth-order valence-corrected chi connectivity index (χ4v) is 4.07. The molecule has 2 aliphatic rings. The first-order valence-corrected chi connectivity index (χ1v) is 10.6. The van der Waals surface area contributed by atoms with Crippen LogP contribution >= 0.6 is 24.0 Å². The zero-order valence-electron chi connectivity index (χ0n) is 18.6. The number of aromatic nitrogens is 2. The van der Waals surface area contributed by atoms with Crippen LogP contribution in [0.2, 0.25) is 0 Å². The summed E-state index contributed by atoms with van der Waals surface area (Å²) < 4.78 is 19.6. The van der Waals surface area contributed by atoms with E-state index in [1.165, 1.54) is 5.56 Å². The van der Waals surface area contributed by atoms with E-state index >= 15 is 0 Å². The van der Waals surface area contributed by atoms with Crippen molar-refractivity contribution in [2.45, 2.75) is 39.0 Å². The highest BCUT2D eigenvalue weighted by molar-refractivity contribution is 14.0. The summed E-state index contributed by atoms with van der Waals surface area (Å²) in [5.41, 5.74) is 3.37. The van der Waals surface area contributed by atoms with E-state index in [-0.39, 0.29) is 36.2 Å². The fourth-order valence-electron chi connectivity index (χ4n) is 4.07. The summed E-state index contributed by atoms with van der Waals surface area (Å²) in [5.74, 6) is 2.72. The maximum atomic E-state index is 5.96. The molecule has 0 radical (unpaired) electrons. The molecule has 8 nitrogen and oxygen atoms in total. The number of halogens is 1. The second kappa shape index (κ2) is 10.5. The van der Waals surface area contributed by atoms with E-state index in [4.69, 9.17) is 14.2 Å². The molecule has 0 aliphatic carbocycles. The predicted octanol–water partition coefficient (Wildman–Crippen LogP) is 2.91. The summed E-state index contributed by atoms with van der Waals surface area (Å²) in [6, 6.07) is 4.22. The number of rotatable bonds is 5. The molecule has 1 saturated heterocycles. The van der Waals surface area contributed by atoms with Crippen molar-refractivity contribution in [3.63, 3.8) is 0 Å². The summed E-state index contributed by atoms with van der Waals surface area (Å²) in [6.45, 7) is 7.52. The van der Waals surface area contributed by atoms with Gasteiger partial charge >= 0.3 is 0 Å². The highest BCUT2D eigenvalue weighted by Crippen LogP contribution is 2.35. The lowest BCUT2D eigenvalue weighted by molar-refractivity contribution is -0.00805. The molecular formula is C22H32IN5O3. The van der Waals surface area contributed by atoms with Crippen LogP contribution < -0.4 is 14.8 Å². The van der Waals surface area contributed by atoms with Gasteiger partial charge in [0.05, 0.1) is 26.0 Å². The predicted molar refractivity (Wildman–Crippen MR) is 130 cm³/mol. The van der Waals surface area contributed by atoms with Crippen molar-refractivity contribution in [1.29, 1.82) is 0 Å². The van der Waals surface area contributed by atoms with E-state index in [2.05, 4.69) is 39.4 Å². The van der Waals surface area contributed by atoms with Crippen LogP contribution in [-0.2, 0) is 24.8 Å². The maximum Gasteiger partial charge on any atom is 0.194 e. The first-order chi connectivity index (χ1) is 14.6. The molecule has 2 unspecified atom stereocenters. The zero-order chi connectivity index (χ0) is 21.1. The number of nitrogens with zero attached hydrogens (tertiary/aromatic N) is 4. The van der Waals surface area contributed by atoms with Crippen molar-refractivity contribution < 1.29 is 14.2 Å². The van der Waals surface area contributed by atoms with Crippen molar-refractivity contribution in [3.05, 3.63) is 41.2 Å². The molecule has 170 valence electrons. The molecule has 2 aliphatic heterocycles. The fraction of sp³-hybridized carbons (Fsp3) is 0.545. The average Bonchev–Trinajstić information content (AvgIpc) is 3.33. The second-order valence-corrected chi connectivity index (χ2v) is 7.79. The van der Waals surface area contributed by atoms with Gasteiger partial charge in [-0.3, -0.25) is 9.67 Å². The van der Waals surface area contributed by atoms with Crippen LogP contribution in [0.5, 0.6) is 11.5 Å². The van der Waals surface area contributed by atoms with Gasteiger partial charge in [0.15, 0.2) is 5.96 Å². The third kappa shape index (κ3) is 5.43. The lowest BCUT2D eigenvalue weighted by atomic mass is 10.1. The Kier molecular flexibility index (Phi) is 8.04. The molecule has 1 fully saturated rings. The van der Waals surface area contributed by atoms with E-state index in [9.17, 15) is 0 Å². The Balaban J connectivity index is 0.00000272. The standard InChI is InChI=1S/C22H31N5O3.HI/c1-5-28-19-9-16-8-15(2)30-20(16)10-17(19)11-24-22(23-3)27-6-7-29-21(14-27)18-12-25-26(4)13-18;/h9-10,12-13,15,21H,5-8,11,14H2,1-4H3,(H,23,24);1H. The Morgan fingerprint density at radius 1 is 1.39 bits per heavy atom. The molecule has 0 amide bonds. The minimum Gasteiger partial charge on any atom is -0.494 e. The minimum absolute atomic E-state index is 0. The number of hydrogen-bond donors (Lipinski definition) is 1. The van der Waals surface area contributed by atoms with E-state index in [1.807, 2.05) is 33.4 Å². The third-order valence-corrected chi connectivity index (χ3v) is 5.49. The largest absolute Gasteiger partial charge is 0.494 e. The van der Waals surface area contributed by atoms with Crippen molar-refractivity contribution in [3.8, 4) is 11.5 Å². The smallest absolute Gasteiger partial charge is 0.194 e. The van der Waals surface area contributed by atoms with Crippen molar-refractivity contribution >= 4 is 29.9 Å². The van der Waals surface area contributed by atoms with Gasteiger partial charge in [-0.2, -0.15) is 5.10 Å². The highest BCUT2D eigenvalue weighted by Gasteiger charge is 2.26. The van der Waals surface area contributed by atoms with E-state index in [0.29, 0.717) is 19.8 Å². The molecule has 0 bridgehead atoms. The Morgan fingerprint density at radius 3 is 2.94 bits per heavy atom. The lowest BCUT2D eigenvalue weighted by Gasteiger charge is -2.34. The van der Waals surface area contributed by atoms with Gasteiger partial charge in [-0.15, -0.1) is 24.0 Å². The molecule has 1 N–H and O–H groups in total. The van der Waals surface area contributed by atoms with Gasteiger partial charge in [-0.25, -0.2) is 0 Å². The SMILES string of the molecule is CCOc1cc2c(cc1CNC(=NC)N1CCOC(c3cnn(C)c3)C1)OC(C)C2.I. The van der Waals surface area contributed by atoms with Gasteiger partial charge in [0.2, 0.25) is 0 Å². The highest BCUT2D eigenvalue weighted by atomic mass is 127. The zero-order valence-corrected chi connectivity index (χ0v) is 21.0. The number of morpholine rings is 1. The number of guanidine groups is 1. The molecule has 0 saturated carbocycles. The molecular weight excluding hydrogens is 509 g/mol. The molecule has 1 aromatic heterocycles. The van der Waals surface area contributed by atoms with Gasteiger partial charge in [0.1, 0.15) is 23.7 Å². The quantitative estimate of drug-likeness (QED) is 0.357. The summed E-state index contributed by atoms with van der Waals surface area (Å²) in [5, 5.41) is 7.76. The van der Waals surface area contributed by atoms with Gasteiger partial charge in [-0.1, -0.05) is 0 Å². The van der Waals surface area contributed by atoms with Crippen LogP contribution in [0, 0.1) is 0 Å². The van der Waals surface area contributed by atoms with Crippen LogP contribution in [0.3, 0.4) is 0 Å². The monoisotopic (exact) mass is 541 g/mol. The molecule has 2 aromatic rings. The molecule has 9 heteroatoms. The number of nitrogens with one attached hydrogen (secondary N) is 1. The van der Waals surface area contributed by atoms with Crippen LogP contribution in [-0.4, -0.2) is 60.1 Å². The van der Waals surface area contributed by atoms with E-state index in [0.717, 1.165) is 48.1 Å². The number of aliphatic imine (C=N–C) groups is 1. The number of ether oxygens (including phenoxy) is 3. The van der Waals surface area contributed by atoms with Crippen LogP contribution in [0.1, 0.15) is 36.6 Å². The summed E-state index contributed by atoms with van der Waals surface area (Å²) in [7, 11) is 3.73. The number of benzene rings is 1. The van der Waals surface area contributed by atoms with E-state index in [1.54, 1.807) is 4.68 Å². The van der Waals surface area contributed by atoms with Gasteiger partial charge in [-0.05, 0) is 26.0 Å². The van der Waals surface area contributed by atoms with Crippen molar-refractivity contribution in [1.82, 2.24) is 20.0 Å². The van der Waals surface area contributed by atoms with Gasteiger partial charge in [0.25, 0.3) is 0 Å². The average molecular weight is 541 g/mol. The molecule has 0 spiro atoms. The Morgan fingerprint density at radius 2 is 2.23 bits per heavy atom. The topological polar surface area (TPSA) is 73.1 Å². The molecule has 2 atom stereocenters. The molecule has 4 rings (SSSR count). The maximum absolute atomic E-state index is 5.96. The van der Waals surface area contributed by atoms with Crippen LogP contribution in [0.25, 0.3) is 0 Å². The summed E-state index contributed by atoms with van der Waals surface area (Å²) in [6.07, 6.45) is 4.99. The first-order valence-electron chi connectivity index (χ1n) is 10.6. The Labute approximate surface area is 201 Å². The van der Waals surface area contributed by atoms with Crippen LogP contribution in [0.4, 0.5) is 0 Å². The molecule has 3 heterocycles. The number of fused-ring (bicyclic) bond motifs is 1. The lowest BCUT2D eigenvalue weighted by Crippen LogP contribution is -2.47. The normalized spacial score (nSPS) is 20.6.